The van der Waals surface area contributed by atoms with Crippen molar-refractivity contribution in [1.29, 1.82) is 0 Å². The van der Waals surface area contributed by atoms with Crippen LogP contribution in [-0.4, -0.2) is 62.3 Å². The highest BCUT2D eigenvalue weighted by atomic mass is 16.5. The fourth-order valence-electron chi connectivity index (χ4n) is 4.33. The molecule has 0 aliphatic rings. The van der Waals surface area contributed by atoms with Crippen LogP contribution < -0.4 is 0 Å². The molecule has 0 heterocycles. The van der Waals surface area contributed by atoms with E-state index in [1.165, 1.54) is 0 Å². The minimum absolute atomic E-state index is 0.0569. The molecule has 0 amide bonds. The predicted molar refractivity (Wildman–Crippen MR) is 149 cm³/mol. The summed E-state index contributed by atoms with van der Waals surface area (Å²) in [5.41, 5.74) is 0. The third-order valence-corrected chi connectivity index (χ3v) is 7.15. The highest BCUT2D eigenvalue weighted by Crippen LogP contribution is 2.16. The summed E-state index contributed by atoms with van der Waals surface area (Å²) in [5, 5.41) is 0. The highest BCUT2D eigenvalue weighted by molar-refractivity contribution is 5.73. The summed E-state index contributed by atoms with van der Waals surface area (Å²) in [6.07, 6.45) is 11.1. The molecular weight excluding hydrogens is 470 g/mol. The predicted octanol–water partition coefficient (Wildman–Crippen LogP) is 6.57. The van der Waals surface area contributed by atoms with Crippen LogP contribution in [0.2, 0.25) is 0 Å². The first-order chi connectivity index (χ1) is 17.9. The highest BCUT2D eigenvalue weighted by Gasteiger charge is 2.21. The van der Waals surface area contributed by atoms with Gasteiger partial charge in [-0.15, -0.1) is 0 Å². The zero-order valence-corrected chi connectivity index (χ0v) is 24.9. The molecule has 0 aromatic heterocycles. The van der Waals surface area contributed by atoms with Crippen LogP contribution in [0.15, 0.2) is 0 Å². The van der Waals surface area contributed by atoms with Gasteiger partial charge in [0.1, 0.15) is 19.8 Å². The molecular formula is C30H57NO6. The van der Waals surface area contributed by atoms with Gasteiger partial charge >= 0.3 is 17.9 Å². The van der Waals surface area contributed by atoms with E-state index in [0.29, 0.717) is 19.6 Å². The fraction of sp³-hybridized carbons (Fsp3) is 0.900. The second-order valence-electron chi connectivity index (χ2n) is 10.1. The van der Waals surface area contributed by atoms with Gasteiger partial charge in [-0.05, 0) is 38.5 Å². The number of hydrogen-bond acceptors (Lipinski definition) is 7. The van der Waals surface area contributed by atoms with Gasteiger partial charge in [0.25, 0.3) is 0 Å². The van der Waals surface area contributed by atoms with Crippen molar-refractivity contribution in [1.82, 2.24) is 4.90 Å². The summed E-state index contributed by atoms with van der Waals surface area (Å²) >= 11 is 0. The Balaban J connectivity index is 4.84. The van der Waals surface area contributed by atoms with Gasteiger partial charge in [-0.2, -0.15) is 0 Å². The molecule has 7 heteroatoms. The second-order valence-corrected chi connectivity index (χ2v) is 10.1. The average Bonchev–Trinajstić information content (AvgIpc) is 2.89. The first-order valence-corrected chi connectivity index (χ1v) is 15.1. The lowest BCUT2D eigenvalue weighted by molar-refractivity contribution is -0.150. The number of carbonyl (C=O) groups is 3. The molecule has 218 valence electrons. The molecule has 0 rings (SSSR count). The maximum absolute atomic E-state index is 12.5. The Bertz CT molecular complexity index is 516. The number of hydrogen-bond donors (Lipinski definition) is 0. The van der Waals surface area contributed by atoms with Crippen molar-refractivity contribution in [3.8, 4) is 0 Å². The molecule has 0 aliphatic heterocycles. The molecule has 37 heavy (non-hydrogen) atoms. The Hall–Kier alpha value is -1.63. The quantitative estimate of drug-likeness (QED) is 0.104. The third kappa shape index (κ3) is 16.7. The Morgan fingerprint density at radius 2 is 0.784 bits per heavy atom. The van der Waals surface area contributed by atoms with Gasteiger partial charge in [0.2, 0.25) is 0 Å². The van der Waals surface area contributed by atoms with Gasteiger partial charge in [-0.3, -0.25) is 19.3 Å². The van der Waals surface area contributed by atoms with E-state index in [-0.39, 0.29) is 55.5 Å². The Labute approximate surface area is 227 Å². The first-order valence-electron chi connectivity index (χ1n) is 15.1. The lowest BCUT2D eigenvalue weighted by Gasteiger charge is -2.24. The average molecular weight is 528 g/mol. The van der Waals surface area contributed by atoms with E-state index in [4.69, 9.17) is 14.2 Å². The van der Waals surface area contributed by atoms with E-state index in [1.54, 1.807) is 0 Å². The molecule has 0 aliphatic carbocycles. The van der Waals surface area contributed by atoms with Gasteiger partial charge in [-0.25, -0.2) is 0 Å². The molecule has 0 saturated carbocycles. The number of unbranched alkanes of at least 4 members (excludes halogenated alkanes) is 3. The molecule has 0 saturated heterocycles. The zero-order chi connectivity index (χ0) is 27.9. The van der Waals surface area contributed by atoms with E-state index in [2.05, 4.69) is 20.8 Å². The van der Waals surface area contributed by atoms with Crippen molar-refractivity contribution < 1.29 is 28.6 Å². The number of nitrogens with zero attached hydrogens (tertiary/aromatic N) is 1. The Morgan fingerprint density at radius 1 is 0.514 bits per heavy atom. The van der Waals surface area contributed by atoms with Gasteiger partial charge in [-0.1, -0.05) is 80.1 Å². The number of carbonyl (C=O) groups excluding carboxylic acids is 3. The zero-order valence-electron chi connectivity index (χ0n) is 24.9. The van der Waals surface area contributed by atoms with Crippen molar-refractivity contribution in [2.75, 3.05) is 39.5 Å². The van der Waals surface area contributed by atoms with E-state index in [1.807, 2.05) is 25.7 Å². The van der Waals surface area contributed by atoms with Crippen LogP contribution >= 0.6 is 0 Å². The maximum Gasteiger partial charge on any atom is 0.308 e. The minimum Gasteiger partial charge on any atom is -0.464 e. The van der Waals surface area contributed by atoms with Crippen LogP contribution in [0.3, 0.4) is 0 Å². The molecule has 3 atom stereocenters. The standard InChI is InChI=1S/C30H57NO6/c1-7-13-16-25(10-4)28(32)35-22-19-31(20-23-36-29(33)26(11-5)17-14-8-2)21-24-37-30(34)27(12-6)18-15-9-3/h25-27H,7-24H2,1-6H3. The van der Waals surface area contributed by atoms with Crippen LogP contribution in [-0.2, 0) is 28.6 Å². The Kier molecular flexibility index (Phi) is 22.4. The molecule has 0 bridgehead atoms. The first kappa shape index (κ1) is 35.4. The van der Waals surface area contributed by atoms with Gasteiger partial charge in [0, 0.05) is 19.6 Å². The number of ether oxygens (including phenoxy) is 3. The van der Waals surface area contributed by atoms with Crippen LogP contribution in [0.1, 0.15) is 119 Å². The van der Waals surface area contributed by atoms with Gasteiger partial charge in [0.05, 0.1) is 17.8 Å². The SMILES string of the molecule is CCCCC(CC)C(=O)OCCN(CCOC(=O)C(CC)CCCC)CCOC(=O)C(CC)CCCC. The lowest BCUT2D eigenvalue weighted by atomic mass is 10.00. The molecule has 0 fully saturated rings. The molecule has 0 N–H and O–H groups in total. The largest absolute Gasteiger partial charge is 0.464 e. The summed E-state index contributed by atoms with van der Waals surface area (Å²) in [5.74, 6) is -0.595. The molecule has 0 spiro atoms. The normalized spacial score (nSPS) is 13.7. The smallest absolute Gasteiger partial charge is 0.308 e. The van der Waals surface area contributed by atoms with Gasteiger partial charge in [0.15, 0.2) is 0 Å². The lowest BCUT2D eigenvalue weighted by Crippen LogP contribution is -2.36. The van der Waals surface area contributed by atoms with E-state index in [9.17, 15) is 14.4 Å². The second kappa shape index (κ2) is 23.5. The van der Waals surface area contributed by atoms with Crippen molar-refractivity contribution >= 4 is 17.9 Å². The van der Waals surface area contributed by atoms with Crippen LogP contribution in [0.25, 0.3) is 0 Å². The van der Waals surface area contributed by atoms with E-state index < -0.39 is 0 Å². The molecule has 0 radical (unpaired) electrons. The van der Waals surface area contributed by atoms with Crippen LogP contribution in [0.5, 0.6) is 0 Å². The number of rotatable bonds is 24. The summed E-state index contributed by atoms with van der Waals surface area (Å²) < 4.78 is 16.7. The number of esters is 3. The maximum atomic E-state index is 12.5. The molecule has 0 aromatic rings. The fourth-order valence-corrected chi connectivity index (χ4v) is 4.33. The summed E-state index contributed by atoms with van der Waals surface area (Å²) in [6, 6.07) is 0. The summed E-state index contributed by atoms with van der Waals surface area (Å²) in [4.78, 5) is 39.5. The van der Waals surface area contributed by atoms with E-state index in [0.717, 1.165) is 77.0 Å². The van der Waals surface area contributed by atoms with Crippen LogP contribution in [0.4, 0.5) is 0 Å². The van der Waals surface area contributed by atoms with E-state index >= 15 is 0 Å². The van der Waals surface area contributed by atoms with Gasteiger partial charge < -0.3 is 14.2 Å². The monoisotopic (exact) mass is 527 g/mol. The Morgan fingerprint density at radius 3 is 1.00 bits per heavy atom. The summed E-state index contributed by atoms with van der Waals surface area (Å²) in [7, 11) is 0. The van der Waals surface area contributed by atoms with Crippen molar-refractivity contribution in [2.45, 2.75) is 119 Å². The summed E-state index contributed by atoms with van der Waals surface area (Å²) in [6.45, 7) is 14.7. The van der Waals surface area contributed by atoms with Crippen LogP contribution in [0, 0.1) is 17.8 Å². The topological polar surface area (TPSA) is 82.1 Å². The molecule has 0 aromatic carbocycles. The van der Waals surface area contributed by atoms with Crippen molar-refractivity contribution in [3.63, 3.8) is 0 Å². The molecule has 7 nitrogen and oxygen atoms in total. The third-order valence-electron chi connectivity index (χ3n) is 7.15. The minimum atomic E-state index is -0.142. The molecule has 3 unspecified atom stereocenters. The van der Waals surface area contributed by atoms with Crippen molar-refractivity contribution in [3.05, 3.63) is 0 Å². The van der Waals surface area contributed by atoms with Crippen molar-refractivity contribution in [2.24, 2.45) is 17.8 Å².